The molecule has 0 amide bonds. The van der Waals surface area contributed by atoms with E-state index in [2.05, 4.69) is 19.5 Å². The molecule has 31 heavy (non-hydrogen) atoms. The molecule has 2 aromatic rings. The minimum Gasteiger partial charge on any atom is -0.369 e. The molecule has 0 spiro atoms. The van der Waals surface area contributed by atoms with Crippen molar-refractivity contribution in [3.05, 3.63) is 16.7 Å². The largest absolute Gasteiger partial charge is 0.472 e. The van der Waals surface area contributed by atoms with Gasteiger partial charge in [0.15, 0.2) is 11.2 Å². The van der Waals surface area contributed by atoms with Crippen LogP contribution in [0.15, 0.2) is 11.1 Å². The van der Waals surface area contributed by atoms with E-state index in [4.69, 9.17) is 19.3 Å². The molecule has 5 atom stereocenters. The molecule has 2 unspecified atom stereocenters. The Morgan fingerprint density at radius 1 is 1.16 bits per heavy atom. The van der Waals surface area contributed by atoms with Gasteiger partial charge < -0.3 is 20.5 Å². The van der Waals surface area contributed by atoms with Crippen LogP contribution in [0, 0.1) is 11.8 Å². The maximum atomic E-state index is 12.0. The molecule has 1 saturated carbocycles. The number of anilines is 1. The molecular weight excluding hydrogens is 456 g/mol. The summed E-state index contributed by atoms with van der Waals surface area (Å²) in [6.07, 6.45) is 1.72. The van der Waals surface area contributed by atoms with Crippen molar-refractivity contribution in [1.82, 2.24) is 19.5 Å². The first kappa shape index (κ1) is 24.0. The van der Waals surface area contributed by atoms with Crippen LogP contribution in [0.1, 0.15) is 26.3 Å². The van der Waals surface area contributed by atoms with Crippen LogP contribution >= 0.6 is 15.6 Å². The fourth-order valence-corrected chi connectivity index (χ4v) is 5.10. The highest BCUT2D eigenvalue weighted by Crippen LogP contribution is 2.52. The Bertz CT molecular complexity index is 1070. The molecule has 2 heterocycles. The van der Waals surface area contributed by atoms with Gasteiger partial charge in [0.25, 0.3) is 0 Å². The standard InChI is InChI=1S/C15H25N5O9P2/c1-3-26-30(22,23)28-6-9-5-11(10(9)7-29-31(24,25)27-4-2)20-13-12(17-8-18-13)14(21)19-15(20)16/h8-11H,3-7H2,1-2H3,(H,17,18)(H,22,23)(H,24,25)(H2,16,19,21)/t9-,10-,11-/m1/s1. The molecule has 174 valence electrons. The number of imidazole rings is 1. The number of nitrogen functional groups attached to an aromatic ring is 1. The summed E-state index contributed by atoms with van der Waals surface area (Å²) in [6.45, 7) is 2.65. The van der Waals surface area contributed by atoms with E-state index >= 15 is 0 Å². The van der Waals surface area contributed by atoms with Crippen LogP contribution < -0.4 is 11.3 Å². The van der Waals surface area contributed by atoms with Gasteiger partial charge in [0, 0.05) is 12.0 Å². The summed E-state index contributed by atoms with van der Waals surface area (Å²) in [5, 5.41) is 0. The predicted octanol–water partition coefficient (Wildman–Crippen LogP) is 1.19. The minimum absolute atomic E-state index is 0.00754. The van der Waals surface area contributed by atoms with Crippen molar-refractivity contribution >= 4 is 32.8 Å². The lowest BCUT2D eigenvalue weighted by molar-refractivity contribution is -0.00959. The molecule has 0 radical (unpaired) electrons. The van der Waals surface area contributed by atoms with Crippen molar-refractivity contribution in [2.24, 2.45) is 11.8 Å². The van der Waals surface area contributed by atoms with Crippen LogP contribution in [-0.4, -0.2) is 55.7 Å². The smallest absolute Gasteiger partial charge is 0.369 e. The first-order chi connectivity index (χ1) is 14.6. The number of aromatic amines is 1. The Morgan fingerprint density at radius 3 is 2.39 bits per heavy atom. The van der Waals surface area contributed by atoms with Crippen molar-refractivity contribution in [2.45, 2.75) is 26.3 Å². The number of hydrogen-bond acceptors (Lipinski definition) is 10. The van der Waals surface area contributed by atoms with E-state index in [1.54, 1.807) is 13.8 Å². The predicted molar refractivity (Wildman–Crippen MR) is 108 cm³/mol. The second kappa shape index (κ2) is 9.47. The van der Waals surface area contributed by atoms with Gasteiger partial charge in [-0.3, -0.25) is 27.5 Å². The summed E-state index contributed by atoms with van der Waals surface area (Å²) in [5.41, 5.74) is 5.83. The Kier molecular flexibility index (Phi) is 7.34. The molecule has 1 aliphatic carbocycles. The van der Waals surface area contributed by atoms with Gasteiger partial charge in [0.2, 0.25) is 5.95 Å². The van der Waals surface area contributed by atoms with Crippen LogP contribution in [0.25, 0.3) is 11.2 Å². The van der Waals surface area contributed by atoms with Gasteiger partial charge in [0.1, 0.15) is 0 Å². The van der Waals surface area contributed by atoms with Gasteiger partial charge in [-0.25, -0.2) is 14.1 Å². The topological polar surface area (TPSA) is 201 Å². The average molecular weight is 481 g/mol. The molecule has 0 saturated heterocycles. The molecule has 1 aliphatic rings. The van der Waals surface area contributed by atoms with Gasteiger partial charge in [-0.1, -0.05) is 0 Å². The van der Waals surface area contributed by atoms with Gasteiger partial charge in [-0.05, 0) is 26.2 Å². The van der Waals surface area contributed by atoms with Crippen LogP contribution in [0.4, 0.5) is 5.95 Å². The summed E-state index contributed by atoms with van der Waals surface area (Å²) in [4.78, 5) is 42.1. The van der Waals surface area contributed by atoms with Gasteiger partial charge in [-0.15, -0.1) is 0 Å². The zero-order chi connectivity index (χ0) is 22.8. The maximum absolute atomic E-state index is 12.0. The van der Waals surface area contributed by atoms with Crippen LogP contribution in [-0.2, 0) is 27.2 Å². The van der Waals surface area contributed by atoms with Gasteiger partial charge >= 0.3 is 21.2 Å². The molecule has 16 heteroatoms. The van der Waals surface area contributed by atoms with Crippen LogP contribution in [0.3, 0.4) is 0 Å². The third-order valence-electron chi connectivity index (χ3n) is 4.97. The molecule has 5 N–H and O–H groups in total. The number of nitrogens with zero attached hydrogens (tertiary/aromatic N) is 3. The fraction of sp³-hybridized carbons (Fsp3) is 0.667. The van der Waals surface area contributed by atoms with Crippen molar-refractivity contribution in [3.8, 4) is 0 Å². The average Bonchev–Trinajstić information content (AvgIpc) is 3.13. The van der Waals surface area contributed by atoms with Crippen molar-refractivity contribution in [1.29, 1.82) is 0 Å². The Labute approximate surface area is 176 Å². The number of phosphoric acid groups is 2. The summed E-state index contributed by atoms with van der Waals surface area (Å²) in [5.74, 6) is -0.924. The molecule has 0 bridgehead atoms. The van der Waals surface area contributed by atoms with E-state index in [9.17, 15) is 23.7 Å². The van der Waals surface area contributed by atoms with Crippen LogP contribution in [0.5, 0.6) is 0 Å². The number of rotatable bonds is 11. The zero-order valence-electron chi connectivity index (χ0n) is 16.9. The normalized spacial score (nSPS) is 25.1. The van der Waals surface area contributed by atoms with Crippen molar-refractivity contribution in [3.63, 3.8) is 0 Å². The van der Waals surface area contributed by atoms with Crippen LogP contribution in [0.2, 0.25) is 0 Å². The molecule has 2 aromatic heterocycles. The van der Waals surface area contributed by atoms with Crippen molar-refractivity contribution < 1.29 is 37.0 Å². The summed E-state index contributed by atoms with van der Waals surface area (Å²) in [7, 11) is -8.51. The third-order valence-corrected chi connectivity index (χ3v) is 7.09. The van der Waals surface area contributed by atoms with E-state index in [0.717, 1.165) is 0 Å². The number of nitrogens with one attached hydrogen (secondary N) is 1. The molecular formula is C15H25N5O9P2. The molecule has 0 aromatic carbocycles. The number of phosphoric ester groups is 2. The number of fused-ring (bicyclic) bond motifs is 1. The first-order valence-corrected chi connectivity index (χ1v) is 12.5. The number of nitrogens with two attached hydrogens (primary N) is 1. The number of aromatic nitrogens is 4. The summed E-state index contributed by atoms with van der Waals surface area (Å²) in [6, 6.07) is -0.431. The molecule has 3 rings (SSSR count). The second-order valence-electron chi connectivity index (χ2n) is 6.84. The molecule has 14 nitrogen and oxygen atoms in total. The maximum Gasteiger partial charge on any atom is 0.472 e. The Morgan fingerprint density at radius 2 is 1.77 bits per heavy atom. The van der Waals surface area contributed by atoms with Gasteiger partial charge in [-0.2, -0.15) is 4.98 Å². The third kappa shape index (κ3) is 5.41. The highest BCUT2D eigenvalue weighted by Gasteiger charge is 2.46. The molecule has 1 fully saturated rings. The minimum atomic E-state index is -4.29. The number of H-pyrrole nitrogens is 1. The monoisotopic (exact) mass is 481 g/mol. The van der Waals surface area contributed by atoms with Gasteiger partial charge in [0.05, 0.1) is 32.8 Å². The summed E-state index contributed by atoms with van der Waals surface area (Å²) >= 11 is 0. The Hall–Kier alpha value is -1.63. The van der Waals surface area contributed by atoms with E-state index in [1.165, 1.54) is 10.9 Å². The SMILES string of the molecule is CCOP(=O)(O)OC[C@H]1C[C@@H](n2c(N)nc(=O)c3[nH]cnc32)[C@@H]1COP(=O)(O)OCC. The lowest BCUT2D eigenvalue weighted by Crippen LogP contribution is -2.44. The quantitative estimate of drug-likeness (QED) is 0.334. The summed E-state index contributed by atoms with van der Waals surface area (Å²) < 4.78 is 44.9. The van der Waals surface area contributed by atoms with Crippen molar-refractivity contribution in [2.75, 3.05) is 32.2 Å². The number of hydrogen-bond donors (Lipinski definition) is 4. The highest BCUT2D eigenvalue weighted by atomic mass is 31.2. The van der Waals surface area contributed by atoms with E-state index in [1.807, 2.05) is 0 Å². The van der Waals surface area contributed by atoms with E-state index in [-0.39, 0.29) is 49.5 Å². The highest BCUT2D eigenvalue weighted by molar-refractivity contribution is 7.47. The molecule has 0 aliphatic heterocycles. The zero-order valence-corrected chi connectivity index (χ0v) is 18.7. The Balaban J connectivity index is 1.85. The fourth-order valence-electron chi connectivity index (χ4n) is 3.56. The first-order valence-electron chi connectivity index (χ1n) is 9.53. The lowest BCUT2D eigenvalue weighted by Gasteiger charge is -2.45. The van der Waals surface area contributed by atoms with E-state index < -0.39 is 33.2 Å². The van der Waals surface area contributed by atoms with E-state index in [0.29, 0.717) is 6.42 Å². The second-order valence-corrected chi connectivity index (χ2v) is 9.74. The lowest BCUT2D eigenvalue weighted by atomic mass is 9.69.